The van der Waals surface area contributed by atoms with Gasteiger partial charge in [-0.2, -0.15) is 0 Å². The van der Waals surface area contributed by atoms with Crippen LogP contribution in [0.1, 0.15) is 0 Å². The van der Waals surface area contributed by atoms with Gasteiger partial charge in [-0.3, -0.25) is 0 Å². The Kier molecular flexibility index (Phi) is 0.889. The first-order valence-corrected chi connectivity index (χ1v) is 3.37. The molecule has 0 saturated carbocycles. The second-order valence-electron chi connectivity index (χ2n) is 2.40. The molecule has 4 nitrogen and oxygen atoms in total. The predicted molar refractivity (Wildman–Crippen MR) is 39.2 cm³/mol. The van der Waals surface area contributed by atoms with E-state index in [0.717, 1.165) is 11.0 Å². The van der Waals surface area contributed by atoms with Crippen molar-refractivity contribution >= 4 is 22.2 Å². The predicted octanol–water partition coefficient (Wildman–Crippen LogP) is 1.57. The molecule has 0 spiro atoms. The third-order valence-corrected chi connectivity index (χ3v) is 1.68. The van der Waals surface area contributed by atoms with Crippen molar-refractivity contribution in [3.63, 3.8) is 0 Å². The Bertz CT molecular complexity index is 447. The van der Waals surface area contributed by atoms with Crippen LogP contribution >= 0.6 is 0 Å². The lowest BCUT2D eigenvalue weighted by atomic mass is 10.3. The lowest BCUT2D eigenvalue weighted by Gasteiger charge is -1.84. The van der Waals surface area contributed by atoms with Gasteiger partial charge in [-0.1, -0.05) is 0 Å². The summed E-state index contributed by atoms with van der Waals surface area (Å²) in [5.41, 5.74) is 2.75. The Labute approximate surface area is 66.8 Å². The maximum absolute atomic E-state index is 4.96. The summed E-state index contributed by atoms with van der Waals surface area (Å²) in [6.07, 6.45) is 4.80. The zero-order valence-corrected chi connectivity index (χ0v) is 5.87. The molecule has 0 aliphatic heterocycles. The van der Waals surface area contributed by atoms with Crippen LogP contribution in [0.25, 0.3) is 22.2 Å². The summed E-state index contributed by atoms with van der Waals surface area (Å²) in [6, 6.07) is 3.49. The van der Waals surface area contributed by atoms with E-state index in [9.17, 15) is 0 Å². The summed E-state index contributed by atoms with van der Waals surface area (Å²) in [6.45, 7) is 0. The molecule has 0 aliphatic rings. The maximum Gasteiger partial charge on any atom is 0.284 e. The average molecular weight is 158 g/mol. The van der Waals surface area contributed by atoms with Gasteiger partial charge in [0, 0.05) is 6.07 Å². The molecule has 0 bridgehead atoms. The van der Waals surface area contributed by atoms with Gasteiger partial charge < -0.3 is 8.83 Å². The van der Waals surface area contributed by atoms with Gasteiger partial charge in [0.05, 0.1) is 0 Å². The second kappa shape index (κ2) is 1.85. The first kappa shape index (κ1) is 5.77. The van der Waals surface area contributed by atoms with E-state index in [1.54, 1.807) is 12.1 Å². The number of hydrogen-bond donors (Lipinski definition) is 0. The molecule has 56 valence electrons. The number of fused-ring (bicyclic) bond motifs is 2. The van der Waals surface area contributed by atoms with Gasteiger partial charge in [0.15, 0.2) is 11.2 Å². The van der Waals surface area contributed by atoms with Crippen LogP contribution in [0.2, 0.25) is 0 Å². The number of rotatable bonds is 0. The highest BCUT2D eigenvalue weighted by Crippen LogP contribution is 2.19. The van der Waals surface area contributed by atoms with Crippen molar-refractivity contribution in [1.82, 2.24) is 9.97 Å². The van der Waals surface area contributed by atoms with E-state index in [1.165, 1.54) is 0 Å². The van der Waals surface area contributed by atoms with Crippen LogP contribution in [0.4, 0.5) is 0 Å². The standard InChI is InChI=1S/C8H2N2O2/c1-5-7(11-3-9-5)2-8-6(1)10-4-12-8/h1-2H. The molecule has 0 unspecified atom stereocenters. The van der Waals surface area contributed by atoms with Gasteiger partial charge in [0.25, 0.3) is 12.8 Å². The highest BCUT2D eigenvalue weighted by molar-refractivity contribution is 5.88. The van der Waals surface area contributed by atoms with Gasteiger partial charge in [-0.15, -0.1) is 0 Å². The van der Waals surface area contributed by atoms with Gasteiger partial charge in [0.1, 0.15) is 11.0 Å². The molecule has 12 heavy (non-hydrogen) atoms. The molecule has 0 N–H and O–H groups in total. The van der Waals surface area contributed by atoms with E-state index in [1.807, 2.05) is 0 Å². The summed E-state index contributed by atoms with van der Waals surface area (Å²) in [5, 5.41) is 0. The van der Waals surface area contributed by atoms with E-state index in [2.05, 4.69) is 22.8 Å². The molecule has 2 radical (unpaired) electrons. The van der Waals surface area contributed by atoms with Crippen molar-refractivity contribution < 1.29 is 8.83 Å². The maximum atomic E-state index is 4.96. The quantitative estimate of drug-likeness (QED) is 0.498. The van der Waals surface area contributed by atoms with Crippen LogP contribution < -0.4 is 0 Å². The van der Waals surface area contributed by atoms with Gasteiger partial charge in [0.2, 0.25) is 0 Å². The van der Waals surface area contributed by atoms with E-state index >= 15 is 0 Å². The first-order chi connectivity index (χ1) is 5.93. The van der Waals surface area contributed by atoms with Crippen molar-refractivity contribution in [2.45, 2.75) is 0 Å². The van der Waals surface area contributed by atoms with E-state index in [-0.39, 0.29) is 0 Å². The molecule has 0 aliphatic carbocycles. The largest absolute Gasteiger partial charge is 0.432 e. The minimum absolute atomic E-state index is 0.646. The first-order valence-electron chi connectivity index (χ1n) is 3.37. The monoisotopic (exact) mass is 158 g/mol. The lowest BCUT2D eigenvalue weighted by Crippen LogP contribution is -1.69. The Hall–Kier alpha value is -1.84. The van der Waals surface area contributed by atoms with Crippen LogP contribution in [-0.4, -0.2) is 9.97 Å². The molecular formula is C8H2N2O2. The van der Waals surface area contributed by atoms with Crippen molar-refractivity contribution in [2.24, 2.45) is 0 Å². The minimum Gasteiger partial charge on any atom is -0.432 e. The Morgan fingerprint density at radius 3 is 2.08 bits per heavy atom. The van der Waals surface area contributed by atoms with Crippen LogP contribution in [0.5, 0.6) is 0 Å². The van der Waals surface area contributed by atoms with Crippen molar-refractivity contribution in [1.29, 1.82) is 0 Å². The molecule has 2 aromatic heterocycles. The molecule has 3 rings (SSSR count). The molecule has 0 amide bonds. The van der Waals surface area contributed by atoms with Gasteiger partial charge >= 0.3 is 0 Å². The minimum atomic E-state index is 0.646. The van der Waals surface area contributed by atoms with Crippen LogP contribution in [0.3, 0.4) is 0 Å². The van der Waals surface area contributed by atoms with E-state index in [0.29, 0.717) is 11.2 Å². The normalized spacial score (nSPS) is 11.3. The third kappa shape index (κ3) is 0.611. The van der Waals surface area contributed by atoms with Gasteiger partial charge in [-0.05, 0) is 6.07 Å². The molecule has 1 aromatic carbocycles. The Morgan fingerprint density at radius 1 is 0.917 bits per heavy atom. The van der Waals surface area contributed by atoms with Crippen molar-refractivity contribution in [3.05, 3.63) is 24.9 Å². The number of benzene rings is 1. The zero-order valence-electron chi connectivity index (χ0n) is 5.87. The van der Waals surface area contributed by atoms with Crippen molar-refractivity contribution in [2.75, 3.05) is 0 Å². The molecule has 0 fully saturated rings. The summed E-state index contributed by atoms with van der Waals surface area (Å²) < 4.78 is 9.92. The highest BCUT2D eigenvalue weighted by atomic mass is 16.3. The van der Waals surface area contributed by atoms with E-state index < -0.39 is 0 Å². The number of hydrogen-bond acceptors (Lipinski definition) is 4. The molecule has 2 heterocycles. The van der Waals surface area contributed by atoms with Crippen molar-refractivity contribution in [3.8, 4) is 0 Å². The molecule has 4 heteroatoms. The lowest BCUT2D eigenvalue weighted by molar-refractivity contribution is 0.581. The SMILES string of the molecule is [c]1nc2cc3n[c]oc3cc2o1. The molecule has 0 saturated heterocycles. The number of oxazole rings is 2. The Balaban J connectivity index is 2.62. The van der Waals surface area contributed by atoms with Crippen LogP contribution in [0.15, 0.2) is 21.0 Å². The fourth-order valence-corrected chi connectivity index (χ4v) is 1.12. The molecular weight excluding hydrogens is 156 g/mol. The van der Waals surface area contributed by atoms with E-state index in [4.69, 9.17) is 8.83 Å². The topological polar surface area (TPSA) is 52.1 Å². The fraction of sp³-hybridized carbons (Fsp3) is 0. The fourth-order valence-electron chi connectivity index (χ4n) is 1.12. The average Bonchev–Trinajstić information content (AvgIpc) is 2.64. The summed E-state index contributed by atoms with van der Waals surface area (Å²) in [5.74, 6) is 0. The van der Waals surface area contributed by atoms with Crippen LogP contribution in [0, 0.1) is 12.8 Å². The second-order valence-corrected chi connectivity index (χ2v) is 2.40. The number of nitrogens with zero attached hydrogens (tertiary/aromatic N) is 2. The Morgan fingerprint density at radius 2 is 1.50 bits per heavy atom. The highest BCUT2D eigenvalue weighted by Gasteiger charge is 2.04. The summed E-state index contributed by atoms with van der Waals surface area (Å²) in [4.78, 5) is 7.72. The molecule has 0 atom stereocenters. The number of aromatic nitrogens is 2. The third-order valence-electron chi connectivity index (χ3n) is 1.68. The summed E-state index contributed by atoms with van der Waals surface area (Å²) in [7, 11) is 0. The smallest absolute Gasteiger partial charge is 0.284 e. The van der Waals surface area contributed by atoms with Crippen LogP contribution in [-0.2, 0) is 0 Å². The zero-order chi connectivity index (χ0) is 7.97. The molecule has 3 aromatic rings. The van der Waals surface area contributed by atoms with Gasteiger partial charge in [-0.25, -0.2) is 9.97 Å². The summed E-state index contributed by atoms with van der Waals surface area (Å²) >= 11 is 0.